The summed E-state index contributed by atoms with van der Waals surface area (Å²) in [6.07, 6.45) is 2.04. The van der Waals surface area contributed by atoms with Crippen molar-refractivity contribution in [1.82, 2.24) is 4.90 Å². The van der Waals surface area contributed by atoms with Crippen LogP contribution in [0.1, 0.15) is 33.1 Å². The number of carboxylic acids is 1. The van der Waals surface area contributed by atoms with Crippen LogP contribution < -0.4 is 0 Å². The minimum absolute atomic E-state index is 0.0375. The summed E-state index contributed by atoms with van der Waals surface area (Å²) < 4.78 is 5.64. The highest BCUT2D eigenvalue weighted by atomic mass is 16.5. The van der Waals surface area contributed by atoms with Crippen LogP contribution in [0.3, 0.4) is 0 Å². The summed E-state index contributed by atoms with van der Waals surface area (Å²) in [5, 5.41) is 9.31. The SMILES string of the molecule is CC(C)OC1(C(=O)O)CCCN(C)CC1. The van der Waals surface area contributed by atoms with Crippen molar-refractivity contribution in [3.8, 4) is 0 Å². The Morgan fingerprint density at radius 3 is 2.60 bits per heavy atom. The third-order valence-corrected chi connectivity index (χ3v) is 2.87. The number of likely N-dealkylation sites (tertiary alicyclic amines) is 1. The number of ether oxygens (including phenoxy) is 1. The molecule has 4 heteroatoms. The van der Waals surface area contributed by atoms with E-state index in [1.54, 1.807) is 0 Å². The van der Waals surface area contributed by atoms with Gasteiger partial charge in [-0.2, -0.15) is 0 Å². The summed E-state index contributed by atoms with van der Waals surface area (Å²) in [7, 11) is 2.02. The maximum absolute atomic E-state index is 11.3. The zero-order valence-corrected chi connectivity index (χ0v) is 9.82. The first-order valence-electron chi connectivity index (χ1n) is 5.56. The number of carbonyl (C=O) groups is 1. The van der Waals surface area contributed by atoms with Crippen molar-refractivity contribution in [1.29, 1.82) is 0 Å². The lowest BCUT2D eigenvalue weighted by molar-refractivity contribution is -0.174. The van der Waals surface area contributed by atoms with Crippen LogP contribution in [0.25, 0.3) is 0 Å². The molecule has 1 unspecified atom stereocenters. The summed E-state index contributed by atoms with van der Waals surface area (Å²) in [6.45, 7) is 5.52. The number of carboxylic acid groups (broad SMARTS) is 1. The molecule has 0 amide bonds. The zero-order valence-electron chi connectivity index (χ0n) is 9.82. The third kappa shape index (κ3) is 3.18. The molecule has 1 rings (SSSR count). The fraction of sp³-hybridized carbons (Fsp3) is 0.909. The quantitative estimate of drug-likeness (QED) is 0.772. The van der Waals surface area contributed by atoms with Gasteiger partial charge in [-0.1, -0.05) is 0 Å². The van der Waals surface area contributed by atoms with Crippen molar-refractivity contribution in [2.75, 3.05) is 20.1 Å². The highest BCUT2D eigenvalue weighted by molar-refractivity contribution is 5.77. The first kappa shape index (κ1) is 12.5. The number of aliphatic carboxylic acids is 1. The molecule has 0 radical (unpaired) electrons. The van der Waals surface area contributed by atoms with E-state index in [1.807, 2.05) is 20.9 Å². The van der Waals surface area contributed by atoms with Crippen LogP contribution in [-0.4, -0.2) is 47.8 Å². The average molecular weight is 215 g/mol. The van der Waals surface area contributed by atoms with Crippen molar-refractivity contribution in [3.05, 3.63) is 0 Å². The molecule has 88 valence electrons. The molecule has 4 nitrogen and oxygen atoms in total. The van der Waals surface area contributed by atoms with Gasteiger partial charge in [-0.25, -0.2) is 4.79 Å². The predicted molar refractivity (Wildman–Crippen MR) is 57.9 cm³/mol. The number of hydrogen-bond donors (Lipinski definition) is 1. The summed E-state index contributed by atoms with van der Waals surface area (Å²) in [5.41, 5.74) is -0.959. The van der Waals surface area contributed by atoms with Crippen LogP contribution in [0.4, 0.5) is 0 Å². The molecular formula is C11H21NO3. The Morgan fingerprint density at radius 1 is 1.40 bits per heavy atom. The molecule has 0 aliphatic carbocycles. The molecule has 1 fully saturated rings. The van der Waals surface area contributed by atoms with E-state index in [-0.39, 0.29) is 6.10 Å². The molecule has 1 atom stereocenters. The fourth-order valence-electron chi connectivity index (χ4n) is 2.08. The molecule has 1 aliphatic rings. The minimum Gasteiger partial charge on any atom is -0.479 e. The van der Waals surface area contributed by atoms with Gasteiger partial charge in [-0.15, -0.1) is 0 Å². The number of rotatable bonds is 3. The van der Waals surface area contributed by atoms with E-state index in [0.717, 1.165) is 19.5 Å². The van der Waals surface area contributed by atoms with Crippen LogP contribution in [0.5, 0.6) is 0 Å². The van der Waals surface area contributed by atoms with Gasteiger partial charge in [0, 0.05) is 6.54 Å². The van der Waals surface area contributed by atoms with Crippen molar-refractivity contribution >= 4 is 5.97 Å². The molecule has 15 heavy (non-hydrogen) atoms. The van der Waals surface area contributed by atoms with Gasteiger partial charge in [-0.05, 0) is 46.7 Å². The van der Waals surface area contributed by atoms with Gasteiger partial charge in [0.1, 0.15) is 0 Å². The Labute approximate surface area is 91.2 Å². The molecule has 0 aromatic heterocycles. The molecule has 1 aliphatic heterocycles. The van der Waals surface area contributed by atoms with Gasteiger partial charge in [0.25, 0.3) is 0 Å². The fourth-order valence-corrected chi connectivity index (χ4v) is 2.08. The lowest BCUT2D eigenvalue weighted by Crippen LogP contribution is -2.44. The predicted octanol–water partition coefficient (Wildman–Crippen LogP) is 1.35. The second-order valence-corrected chi connectivity index (χ2v) is 4.62. The van der Waals surface area contributed by atoms with E-state index in [9.17, 15) is 9.90 Å². The van der Waals surface area contributed by atoms with E-state index in [2.05, 4.69) is 4.90 Å². The summed E-state index contributed by atoms with van der Waals surface area (Å²) in [5.74, 6) is -0.813. The number of nitrogens with zero attached hydrogens (tertiary/aromatic N) is 1. The topological polar surface area (TPSA) is 49.8 Å². The van der Waals surface area contributed by atoms with Crippen molar-refractivity contribution in [2.24, 2.45) is 0 Å². The van der Waals surface area contributed by atoms with Gasteiger partial charge in [0.2, 0.25) is 0 Å². The van der Waals surface area contributed by atoms with Gasteiger partial charge in [-0.3, -0.25) is 0 Å². The van der Waals surface area contributed by atoms with E-state index >= 15 is 0 Å². The average Bonchev–Trinajstić information content (AvgIpc) is 2.28. The monoisotopic (exact) mass is 215 g/mol. The molecule has 0 spiro atoms. The first-order valence-corrected chi connectivity index (χ1v) is 5.56. The second kappa shape index (κ2) is 4.94. The Bertz CT molecular complexity index is 230. The minimum atomic E-state index is -0.959. The largest absolute Gasteiger partial charge is 0.479 e. The summed E-state index contributed by atoms with van der Waals surface area (Å²) in [6, 6.07) is 0. The first-order chi connectivity index (χ1) is 6.96. The smallest absolute Gasteiger partial charge is 0.336 e. The van der Waals surface area contributed by atoms with E-state index < -0.39 is 11.6 Å². The van der Waals surface area contributed by atoms with Gasteiger partial charge in [0.15, 0.2) is 5.60 Å². The third-order valence-electron chi connectivity index (χ3n) is 2.87. The van der Waals surface area contributed by atoms with Crippen LogP contribution in [0.2, 0.25) is 0 Å². The van der Waals surface area contributed by atoms with Crippen molar-refractivity contribution in [2.45, 2.75) is 44.8 Å². The van der Waals surface area contributed by atoms with Crippen LogP contribution in [-0.2, 0) is 9.53 Å². The highest BCUT2D eigenvalue weighted by Gasteiger charge is 2.41. The standard InChI is InChI=1S/C11H21NO3/c1-9(2)15-11(10(13)14)5-4-7-12(3)8-6-11/h9H,4-8H2,1-3H3,(H,13,14). The van der Waals surface area contributed by atoms with Gasteiger partial charge < -0.3 is 14.7 Å². The second-order valence-electron chi connectivity index (χ2n) is 4.62. The van der Waals surface area contributed by atoms with Gasteiger partial charge in [0.05, 0.1) is 6.10 Å². The zero-order chi connectivity index (χ0) is 11.5. The molecule has 0 aromatic rings. The molecule has 0 aromatic carbocycles. The van der Waals surface area contributed by atoms with E-state index in [0.29, 0.717) is 12.8 Å². The van der Waals surface area contributed by atoms with E-state index in [1.165, 1.54) is 0 Å². The maximum atomic E-state index is 11.3. The normalized spacial score (nSPS) is 29.1. The lowest BCUT2D eigenvalue weighted by atomic mass is 9.94. The number of hydrogen-bond acceptors (Lipinski definition) is 3. The van der Waals surface area contributed by atoms with Crippen molar-refractivity contribution < 1.29 is 14.6 Å². The molecule has 0 saturated carbocycles. The van der Waals surface area contributed by atoms with Crippen molar-refractivity contribution in [3.63, 3.8) is 0 Å². The maximum Gasteiger partial charge on any atom is 0.336 e. The molecular weight excluding hydrogens is 194 g/mol. The lowest BCUT2D eigenvalue weighted by Gasteiger charge is -2.30. The van der Waals surface area contributed by atoms with Crippen LogP contribution in [0, 0.1) is 0 Å². The molecule has 0 bridgehead atoms. The van der Waals surface area contributed by atoms with E-state index in [4.69, 9.17) is 4.74 Å². The molecule has 1 saturated heterocycles. The van der Waals surface area contributed by atoms with Gasteiger partial charge >= 0.3 is 5.97 Å². The molecule has 1 N–H and O–H groups in total. The highest BCUT2D eigenvalue weighted by Crippen LogP contribution is 2.27. The Kier molecular flexibility index (Phi) is 4.11. The van der Waals surface area contributed by atoms with Crippen LogP contribution >= 0.6 is 0 Å². The Morgan fingerprint density at radius 2 is 2.07 bits per heavy atom. The summed E-state index contributed by atoms with van der Waals surface area (Å²) >= 11 is 0. The van der Waals surface area contributed by atoms with Crippen LogP contribution in [0.15, 0.2) is 0 Å². The molecule has 1 heterocycles. The Balaban J connectivity index is 2.75. The summed E-state index contributed by atoms with van der Waals surface area (Å²) in [4.78, 5) is 13.5. The Hall–Kier alpha value is -0.610.